The van der Waals surface area contributed by atoms with Gasteiger partial charge in [0.25, 0.3) is 5.91 Å². The largest absolute Gasteiger partial charge is 0.417 e. The van der Waals surface area contributed by atoms with E-state index < -0.39 is 33.0 Å². The number of aromatic nitrogens is 2. The van der Waals surface area contributed by atoms with Crippen molar-refractivity contribution in [2.24, 2.45) is 0 Å². The lowest BCUT2D eigenvalue weighted by molar-refractivity contribution is -0.137. The Morgan fingerprint density at radius 3 is 2.40 bits per heavy atom. The zero-order valence-electron chi connectivity index (χ0n) is 15.1. The number of fused-ring (bicyclic) bond motifs is 1. The third kappa shape index (κ3) is 3.80. The van der Waals surface area contributed by atoms with Gasteiger partial charge in [0.2, 0.25) is 0 Å². The number of anilines is 1. The summed E-state index contributed by atoms with van der Waals surface area (Å²) in [7, 11) is -3.45. The van der Waals surface area contributed by atoms with Crippen LogP contribution in [-0.2, 0) is 27.5 Å². The van der Waals surface area contributed by atoms with Gasteiger partial charge < -0.3 is 5.32 Å². The fourth-order valence-corrected chi connectivity index (χ4v) is 4.86. The van der Waals surface area contributed by atoms with Crippen molar-refractivity contribution in [3.8, 4) is 5.69 Å². The zero-order chi connectivity index (χ0) is 21.7. The molecule has 0 atom stereocenters. The fraction of sp³-hybridized carbons (Fsp3) is 0.158. The second kappa shape index (κ2) is 7.13. The van der Waals surface area contributed by atoms with Gasteiger partial charge in [-0.2, -0.15) is 18.3 Å². The first-order valence-corrected chi connectivity index (χ1v) is 10.8. The molecule has 6 nitrogen and oxygen atoms in total. The van der Waals surface area contributed by atoms with Gasteiger partial charge in [0.15, 0.2) is 9.84 Å². The van der Waals surface area contributed by atoms with Crippen molar-refractivity contribution in [3.63, 3.8) is 0 Å². The monoisotopic (exact) mass is 455 g/mol. The molecule has 1 N–H and O–H groups in total. The predicted molar refractivity (Wildman–Crippen MR) is 104 cm³/mol. The maximum absolute atomic E-state index is 13.3. The SMILES string of the molecule is O=C(Nc1c2c(nn1-c1ccc(Cl)cc1)CS(=O)(=O)C2)c1ccccc1C(F)(F)F. The van der Waals surface area contributed by atoms with Gasteiger partial charge in [-0.15, -0.1) is 0 Å². The Balaban J connectivity index is 1.80. The number of alkyl halides is 3. The third-order valence-corrected chi connectivity index (χ3v) is 6.26. The van der Waals surface area contributed by atoms with Gasteiger partial charge >= 0.3 is 6.18 Å². The molecule has 30 heavy (non-hydrogen) atoms. The van der Waals surface area contributed by atoms with Crippen molar-refractivity contribution in [1.82, 2.24) is 9.78 Å². The summed E-state index contributed by atoms with van der Waals surface area (Å²) in [6.07, 6.45) is -4.73. The molecule has 0 aliphatic carbocycles. The Morgan fingerprint density at radius 2 is 1.73 bits per heavy atom. The van der Waals surface area contributed by atoms with E-state index in [1.807, 2.05) is 0 Å². The highest BCUT2D eigenvalue weighted by Crippen LogP contribution is 2.35. The summed E-state index contributed by atoms with van der Waals surface area (Å²) in [5.41, 5.74) is -0.717. The highest BCUT2D eigenvalue weighted by atomic mass is 35.5. The number of nitrogens with one attached hydrogen (secondary N) is 1. The van der Waals surface area contributed by atoms with Crippen molar-refractivity contribution in [2.75, 3.05) is 5.32 Å². The molecule has 1 amide bonds. The molecule has 2 heterocycles. The van der Waals surface area contributed by atoms with Gasteiger partial charge in [-0.1, -0.05) is 23.7 Å². The number of nitrogens with zero attached hydrogens (tertiary/aromatic N) is 2. The smallest absolute Gasteiger partial charge is 0.306 e. The van der Waals surface area contributed by atoms with Crippen LogP contribution in [0.25, 0.3) is 5.69 Å². The molecule has 0 spiro atoms. The molecule has 4 rings (SSSR count). The topological polar surface area (TPSA) is 81.1 Å². The van der Waals surface area contributed by atoms with Crippen molar-refractivity contribution >= 4 is 33.2 Å². The average molecular weight is 456 g/mol. The lowest BCUT2D eigenvalue weighted by atomic mass is 10.1. The van der Waals surface area contributed by atoms with E-state index in [2.05, 4.69) is 10.4 Å². The number of amides is 1. The molecule has 1 aliphatic heterocycles. The lowest BCUT2D eigenvalue weighted by Crippen LogP contribution is -2.21. The van der Waals surface area contributed by atoms with Crippen LogP contribution in [-0.4, -0.2) is 24.1 Å². The maximum Gasteiger partial charge on any atom is 0.417 e. The summed E-state index contributed by atoms with van der Waals surface area (Å²) in [5.74, 6) is -1.70. The molecule has 0 saturated carbocycles. The lowest BCUT2D eigenvalue weighted by Gasteiger charge is -2.14. The summed E-state index contributed by atoms with van der Waals surface area (Å²) in [6, 6.07) is 10.7. The highest BCUT2D eigenvalue weighted by Gasteiger charge is 2.37. The van der Waals surface area contributed by atoms with Gasteiger partial charge in [-0.3, -0.25) is 4.79 Å². The Kier molecular flexibility index (Phi) is 4.86. The Hall–Kier alpha value is -2.85. The van der Waals surface area contributed by atoms with E-state index in [1.165, 1.54) is 16.8 Å². The van der Waals surface area contributed by atoms with Gasteiger partial charge in [0, 0.05) is 10.6 Å². The standard InChI is InChI=1S/C19H13ClF3N3O3S/c20-11-5-7-12(8-6-11)26-17(14-9-30(28,29)10-16(14)25-26)24-18(27)13-3-1-2-4-15(13)19(21,22)23/h1-8H,9-10H2,(H,24,27). The van der Waals surface area contributed by atoms with Gasteiger partial charge in [-0.25, -0.2) is 13.1 Å². The summed E-state index contributed by atoms with van der Waals surface area (Å²) in [6.45, 7) is 0. The van der Waals surface area contributed by atoms with Gasteiger partial charge in [-0.05, 0) is 36.4 Å². The maximum atomic E-state index is 13.3. The van der Waals surface area contributed by atoms with E-state index in [4.69, 9.17) is 11.6 Å². The molecule has 1 aromatic heterocycles. The molecule has 0 unspecified atom stereocenters. The zero-order valence-corrected chi connectivity index (χ0v) is 16.6. The quantitative estimate of drug-likeness (QED) is 0.641. The number of rotatable bonds is 3. The molecule has 2 aromatic carbocycles. The molecule has 3 aromatic rings. The van der Waals surface area contributed by atoms with E-state index in [1.54, 1.807) is 24.3 Å². The normalized spacial score (nSPS) is 15.1. The van der Waals surface area contributed by atoms with E-state index in [-0.39, 0.29) is 28.6 Å². The number of halogens is 4. The van der Waals surface area contributed by atoms with Crippen LogP contribution in [0.4, 0.5) is 19.0 Å². The van der Waals surface area contributed by atoms with Gasteiger partial charge in [0.1, 0.15) is 5.82 Å². The summed E-state index contributed by atoms with van der Waals surface area (Å²) in [5, 5.41) is 7.15. The first-order chi connectivity index (χ1) is 14.0. The second-order valence-corrected chi connectivity index (χ2v) is 9.19. The van der Waals surface area contributed by atoms with Crippen LogP contribution < -0.4 is 5.32 Å². The van der Waals surface area contributed by atoms with Crippen LogP contribution >= 0.6 is 11.6 Å². The number of carbonyl (C=O) groups is 1. The Labute approximate surface area is 174 Å². The molecule has 0 fully saturated rings. The summed E-state index contributed by atoms with van der Waals surface area (Å²) in [4.78, 5) is 12.8. The summed E-state index contributed by atoms with van der Waals surface area (Å²) >= 11 is 5.89. The second-order valence-electron chi connectivity index (χ2n) is 6.69. The molecule has 0 bridgehead atoms. The number of hydrogen-bond donors (Lipinski definition) is 1. The van der Waals surface area contributed by atoms with Crippen LogP contribution in [0.3, 0.4) is 0 Å². The minimum Gasteiger partial charge on any atom is -0.306 e. The molecule has 11 heteroatoms. The molecular weight excluding hydrogens is 443 g/mol. The van der Waals surface area contributed by atoms with E-state index in [9.17, 15) is 26.4 Å². The molecule has 0 saturated heterocycles. The van der Waals surface area contributed by atoms with Crippen molar-refractivity contribution in [3.05, 3.63) is 75.9 Å². The van der Waals surface area contributed by atoms with Crippen molar-refractivity contribution < 1.29 is 26.4 Å². The minimum absolute atomic E-state index is 0.00961. The number of benzene rings is 2. The van der Waals surface area contributed by atoms with Gasteiger partial charge in [0.05, 0.1) is 34.0 Å². The minimum atomic E-state index is -4.73. The van der Waals surface area contributed by atoms with Crippen LogP contribution in [0.2, 0.25) is 5.02 Å². The third-order valence-electron chi connectivity index (χ3n) is 4.57. The van der Waals surface area contributed by atoms with E-state index in [0.29, 0.717) is 10.7 Å². The van der Waals surface area contributed by atoms with Crippen LogP contribution in [0.15, 0.2) is 48.5 Å². The Morgan fingerprint density at radius 1 is 1.07 bits per heavy atom. The van der Waals surface area contributed by atoms with E-state index in [0.717, 1.165) is 12.1 Å². The predicted octanol–water partition coefficient (Wildman–Crippen LogP) is 4.23. The average Bonchev–Trinajstić information content (AvgIpc) is 3.14. The van der Waals surface area contributed by atoms with Crippen LogP contribution in [0.1, 0.15) is 27.2 Å². The molecular formula is C19H13ClF3N3O3S. The number of hydrogen-bond acceptors (Lipinski definition) is 4. The van der Waals surface area contributed by atoms with Crippen molar-refractivity contribution in [1.29, 1.82) is 0 Å². The summed E-state index contributed by atoms with van der Waals surface area (Å²) < 4.78 is 65.2. The van der Waals surface area contributed by atoms with E-state index >= 15 is 0 Å². The van der Waals surface area contributed by atoms with Crippen molar-refractivity contribution in [2.45, 2.75) is 17.7 Å². The molecule has 1 aliphatic rings. The first-order valence-electron chi connectivity index (χ1n) is 8.60. The Bertz CT molecular complexity index is 1250. The molecule has 156 valence electrons. The first kappa shape index (κ1) is 20.4. The van der Waals surface area contributed by atoms with Crippen LogP contribution in [0.5, 0.6) is 0 Å². The van der Waals surface area contributed by atoms with Crippen LogP contribution in [0, 0.1) is 0 Å². The highest BCUT2D eigenvalue weighted by molar-refractivity contribution is 7.90. The number of carbonyl (C=O) groups excluding carboxylic acids is 1. The molecule has 0 radical (unpaired) electrons. The fourth-order valence-electron chi connectivity index (χ4n) is 3.24. The number of sulfone groups is 1.